The minimum Gasteiger partial charge on any atom is -0.311 e. The Bertz CT molecular complexity index is 582. The van der Waals surface area contributed by atoms with Crippen LogP contribution in [0.2, 0.25) is 0 Å². The second-order valence-electron chi connectivity index (χ2n) is 5.37. The number of likely N-dealkylation sites (N-methyl/N-ethyl adjacent to an activating group) is 1. The topological polar surface area (TPSA) is 47.7 Å². The van der Waals surface area contributed by atoms with Crippen LogP contribution in [0.3, 0.4) is 0 Å². The fraction of sp³-hybridized carbons (Fsp3) is 0.625. The van der Waals surface area contributed by atoms with E-state index in [1.807, 2.05) is 14.0 Å². The van der Waals surface area contributed by atoms with Gasteiger partial charge in [-0.25, -0.2) is 0 Å². The quantitative estimate of drug-likeness (QED) is 0.852. The summed E-state index contributed by atoms with van der Waals surface area (Å²) >= 11 is 0. The van der Waals surface area contributed by atoms with Crippen molar-refractivity contribution in [1.29, 1.82) is 0 Å². The zero-order valence-electron chi connectivity index (χ0n) is 13.8. The maximum absolute atomic E-state index is 4.64. The number of hydrogen-bond acceptors (Lipinski definition) is 3. The summed E-state index contributed by atoms with van der Waals surface area (Å²) in [5.41, 5.74) is 4.78. The molecule has 2 aromatic heterocycles. The number of aryl methyl sites for hydroxylation is 4. The molecule has 5 nitrogen and oxygen atoms in total. The summed E-state index contributed by atoms with van der Waals surface area (Å²) in [6, 6.07) is 4.67. The number of hydrogen-bond donors (Lipinski definition) is 1. The Kier molecular flexibility index (Phi) is 5.17. The highest BCUT2D eigenvalue weighted by molar-refractivity contribution is 5.18. The van der Waals surface area contributed by atoms with Crippen LogP contribution >= 0.6 is 0 Å². The van der Waals surface area contributed by atoms with E-state index in [0.29, 0.717) is 0 Å². The van der Waals surface area contributed by atoms with E-state index in [1.54, 1.807) is 0 Å². The summed E-state index contributed by atoms with van der Waals surface area (Å²) in [5, 5.41) is 12.6. The van der Waals surface area contributed by atoms with Crippen LogP contribution in [0.4, 0.5) is 0 Å². The van der Waals surface area contributed by atoms with Crippen molar-refractivity contribution in [2.75, 3.05) is 7.05 Å². The molecule has 0 radical (unpaired) electrons. The number of nitrogens with zero attached hydrogens (tertiary/aromatic N) is 4. The Morgan fingerprint density at radius 2 is 1.81 bits per heavy atom. The second kappa shape index (κ2) is 6.89. The first kappa shape index (κ1) is 15.8. The van der Waals surface area contributed by atoms with Crippen molar-refractivity contribution in [3.8, 4) is 0 Å². The van der Waals surface area contributed by atoms with Crippen LogP contribution in [0.25, 0.3) is 0 Å². The summed E-state index contributed by atoms with van der Waals surface area (Å²) in [4.78, 5) is 0. The summed E-state index contributed by atoms with van der Waals surface area (Å²) in [6.45, 7) is 10.3. The Hall–Kier alpha value is -1.62. The molecule has 2 aromatic rings. The fourth-order valence-electron chi connectivity index (χ4n) is 2.79. The van der Waals surface area contributed by atoms with Gasteiger partial charge in [0.25, 0.3) is 0 Å². The molecule has 2 rings (SSSR count). The van der Waals surface area contributed by atoms with E-state index in [4.69, 9.17) is 0 Å². The van der Waals surface area contributed by atoms with E-state index in [-0.39, 0.29) is 6.04 Å². The molecule has 1 N–H and O–H groups in total. The fourth-order valence-corrected chi connectivity index (χ4v) is 2.79. The van der Waals surface area contributed by atoms with Crippen molar-refractivity contribution in [1.82, 2.24) is 24.9 Å². The molecule has 21 heavy (non-hydrogen) atoms. The van der Waals surface area contributed by atoms with Crippen LogP contribution in [0.1, 0.15) is 49.6 Å². The highest BCUT2D eigenvalue weighted by Crippen LogP contribution is 2.20. The van der Waals surface area contributed by atoms with Crippen molar-refractivity contribution < 1.29 is 0 Å². The molecule has 0 aliphatic rings. The van der Waals surface area contributed by atoms with Gasteiger partial charge in [0.2, 0.25) is 0 Å². The van der Waals surface area contributed by atoms with E-state index in [1.165, 1.54) is 17.1 Å². The molecule has 0 aromatic carbocycles. The summed E-state index contributed by atoms with van der Waals surface area (Å²) in [5.74, 6) is 0. The molecule has 0 aliphatic heterocycles. The molecule has 0 spiro atoms. The van der Waals surface area contributed by atoms with Gasteiger partial charge in [-0.05, 0) is 46.4 Å². The van der Waals surface area contributed by atoms with Gasteiger partial charge < -0.3 is 5.32 Å². The normalized spacial score (nSPS) is 12.8. The highest BCUT2D eigenvalue weighted by atomic mass is 15.3. The van der Waals surface area contributed by atoms with Gasteiger partial charge in [-0.3, -0.25) is 9.36 Å². The van der Waals surface area contributed by atoms with Crippen molar-refractivity contribution in [2.24, 2.45) is 0 Å². The van der Waals surface area contributed by atoms with Crippen LogP contribution in [-0.2, 0) is 25.9 Å². The predicted octanol–water partition coefficient (Wildman–Crippen LogP) is 2.49. The van der Waals surface area contributed by atoms with E-state index >= 15 is 0 Å². The van der Waals surface area contributed by atoms with Crippen LogP contribution in [0, 0.1) is 6.92 Å². The first-order valence-corrected chi connectivity index (χ1v) is 7.90. The van der Waals surface area contributed by atoms with Crippen LogP contribution in [0.5, 0.6) is 0 Å². The van der Waals surface area contributed by atoms with E-state index in [9.17, 15) is 0 Å². The molecule has 0 fully saturated rings. The van der Waals surface area contributed by atoms with Gasteiger partial charge in [-0.1, -0.05) is 6.92 Å². The number of rotatable bonds is 7. The zero-order valence-corrected chi connectivity index (χ0v) is 13.8. The van der Waals surface area contributed by atoms with Crippen LogP contribution in [-0.4, -0.2) is 26.6 Å². The Morgan fingerprint density at radius 3 is 2.38 bits per heavy atom. The first-order valence-electron chi connectivity index (χ1n) is 7.90. The van der Waals surface area contributed by atoms with Crippen molar-refractivity contribution in [2.45, 2.75) is 59.7 Å². The van der Waals surface area contributed by atoms with Gasteiger partial charge in [-0.15, -0.1) is 0 Å². The lowest BCUT2D eigenvalue weighted by Crippen LogP contribution is -2.23. The van der Waals surface area contributed by atoms with Crippen LogP contribution < -0.4 is 5.32 Å². The smallest absolute Gasteiger partial charge is 0.0624 e. The molecular formula is C16H27N5. The lowest BCUT2D eigenvalue weighted by molar-refractivity contribution is 0.492. The molecule has 0 saturated carbocycles. The molecule has 0 bridgehead atoms. The van der Waals surface area contributed by atoms with Crippen LogP contribution in [0.15, 0.2) is 12.1 Å². The minimum absolute atomic E-state index is 0.262. The third-order valence-corrected chi connectivity index (χ3v) is 3.93. The first-order chi connectivity index (χ1) is 10.1. The molecule has 1 atom stereocenters. The highest BCUT2D eigenvalue weighted by Gasteiger charge is 2.18. The maximum atomic E-state index is 4.64. The largest absolute Gasteiger partial charge is 0.311 e. The average Bonchev–Trinajstić information content (AvgIpc) is 3.07. The standard InChI is InChI=1S/C16H27N5/c1-6-13-10-14(20(7-2)19-13)11-15(17-5)16-9-12(4)18-21(16)8-3/h9-10,15,17H,6-8,11H2,1-5H3. The van der Waals surface area contributed by atoms with E-state index in [2.05, 4.69) is 57.8 Å². The number of nitrogens with one attached hydrogen (secondary N) is 1. The molecule has 0 amide bonds. The molecular weight excluding hydrogens is 262 g/mol. The second-order valence-corrected chi connectivity index (χ2v) is 5.37. The monoisotopic (exact) mass is 289 g/mol. The van der Waals surface area contributed by atoms with Gasteiger partial charge in [0.05, 0.1) is 23.1 Å². The molecule has 2 heterocycles. The summed E-state index contributed by atoms with van der Waals surface area (Å²) in [6.07, 6.45) is 1.92. The Balaban J connectivity index is 2.28. The maximum Gasteiger partial charge on any atom is 0.0624 e. The third-order valence-electron chi connectivity index (χ3n) is 3.93. The molecule has 116 valence electrons. The van der Waals surface area contributed by atoms with Crippen molar-refractivity contribution in [3.63, 3.8) is 0 Å². The Labute approximate surface area is 127 Å². The molecule has 1 unspecified atom stereocenters. The van der Waals surface area contributed by atoms with E-state index < -0.39 is 0 Å². The summed E-state index contributed by atoms with van der Waals surface area (Å²) in [7, 11) is 2.01. The van der Waals surface area contributed by atoms with Gasteiger partial charge in [-0.2, -0.15) is 10.2 Å². The number of aromatic nitrogens is 4. The molecule has 0 aliphatic carbocycles. The third kappa shape index (κ3) is 3.35. The van der Waals surface area contributed by atoms with Gasteiger partial charge in [0.15, 0.2) is 0 Å². The minimum atomic E-state index is 0.262. The average molecular weight is 289 g/mol. The lowest BCUT2D eigenvalue weighted by Gasteiger charge is -2.18. The van der Waals surface area contributed by atoms with Gasteiger partial charge in [0, 0.05) is 25.2 Å². The lowest BCUT2D eigenvalue weighted by atomic mass is 10.1. The SMILES string of the molecule is CCc1cc(CC(NC)c2cc(C)nn2CC)n(CC)n1. The van der Waals surface area contributed by atoms with Gasteiger partial charge in [0.1, 0.15) is 0 Å². The predicted molar refractivity (Wildman–Crippen MR) is 85.4 cm³/mol. The summed E-state index contributed by atoms with van der Waals surface area (Å²) < 4.78 is 4.20. The zero-order chi connectivity index (χ0) is 15.4. The van der Waals surface area contributed by atoms with Crippen molar-refractivity contribution >= 4 is 0 Å². The van der Waals surface area contributed by atoms with Crippen molar-refractivity contribution in [3.05, 3.63) is 34.9 Å². The van der Waals surface area contributed by atoms with E-state index in [0.717, 1.165) is 31.6 Å². The molecule has 5 heteroatoms. The Morgan fingerprint density at radius 1 is 1.10 bits per heavy atom. The van der Waals surface area contributed by atoms with Gasteiger partial charge >= 0.3 is 0 Å². The molecule has 0 saturated heterocycles.